The predicted molar refractivity (Wildman–Crippen MR) is 148 cm³/mol. The Labute approximate surface area is 239 Å². The van der Waals surface area contributed by atoms with Crippen LogP contribution in [0.3, 0.4) is 0 Å². The Morgan fingerprint density at radius 2 is 1.56 bits per heavy atom. The summed E-state index contributed by atoms with van der Waals surface area (Å²) in [5, 5.41) is 0.259. The van der Waals surface area contributed by atoms with Gasteiger partial charge in [-0.1, -0.05) is 35.9 Å². The van der Waals surface area contributed by atoms with Gasteiger partial charge in [0.25, 0.3) is 0 Å². The van der Waals surface area contributed by atoms with E-state index < -0.39 is 30.4 Å². The molecule has 0 aliphatic rings. The zero-order valence-electron chi connectivity index (χ0n) is 21.6. The van der Waals surface area contributed by atoms with E-state index in [1.54, 1.807) is 36.4 Å². The number of rotatable bonds is 11. The van der Waals surface area contributed by atoms with Crippen molar-refractivity contribution in [1.82, 2.24) is 4.90 Å². The van der Waals surface area contributed by atoms with Gasteiger partial charge in [-0.05, 0) is 60.0 Å². The molecule has 0 aliphatic heterocycles. The van der Waals surface area contributed by atoms with Gasteiger partial charge >= 0.3 is 17.9 Å². The molecular formula is C27H27ClN6O7. The monoisotopic (exact) mass is 582 g/mol. The van der Waals surface area contributed by atoms with Gasteiger partial charge in [-0.2, -0.15) is 11.8 Å². The summed E-state index contributed by atoms with van der Waals surface area (Å²) in [7, 11) is 0. The molecule has 3 rings (SSSR count). The van der Waals surface area contributed by atoms with Gasteiger partial charge in [0.1, 0.15) is 12.3 Å². The molecule has 0 fully saturated rings. The van der Waals surface area contributed by atoms with Crippen LogP contribution < -0.4 is 28.0 Å². The lowest BCUT2D eigenvalue weighted by Crippen LogP contribution is -2.37. The predicted octanol–water partition coefficient (Wildman–Crippen LogP) is 1.87. The number of nitrogens with zero attached hydrogens (tertiary/aromatic N) is 2. The maximum absolute atomic E-state index is 13.1. The number of esters is 1. The van der Waals surface area contributed by atoms with Crippen LogP contribution in [-0.4, -0.2) is 41.2 Å². The van der Waals surface area contributed by atoms with Crippen molar-refractivity contribution in [3.05, 3.63) is 94.0 Å². The van der Waals surface area contributed by atoms with Crippen LogP contribution in [-0.2, 0) is 32.2 Å². The normalized spacial score (nSPS) is 10.3. The van der Waals surface area contributed by atoms with Crippen LogP contribution in [0.1, 0.15) is 38.3 Å². The van der Waals surface area contributed by atoms with Crippen molar-refractivity contribution in [3.8, 4) is 5.75 Å². The fourth-order valence-corrected chi connectivity index (χ4v) is 4.00. The van der Waals surface area contributed by atoms with E-state index in [2.05, 4.69) is 14.7 Å². The molecule has 0 aliphatic carbocycles. The minimum Gasteiger partial charge on any atom is -0.423 e. The standard InChI is InChI=1S/C27H27ClN6O7/c28-22-13-20(39-25(37)17-5-9-19(10-6-17)33-27(29)30)11-7-16(22)8-12-23(35)34(15-24(36)40-31)14-18-3-1-2-4-21(18)26(38)41-32/h1-7,9-11,13H,8,12,14-15,31-32H2,(H4,29,30,33). The molecule has 0 heterocycles. The SMILES string of the molecule is NOC(=O)CN(Cc1ccccc1C(=O)ON)C(=O)CCc1ccc(OC(=O)c2ccc(N=C(N)N)cc2)cc1Cl. The zero-order valence-corrected chi connectivity index (χ0v) is 22.4. The second-order valence-electron chi connectivity index (χ2n) is 8.53. The van der Waals surface area contributed by atoms with Gasteiger partial charge in [0.15, 0.2) is 5.96 Å². The van der Waals surface area contributed by atoms with Crippen molar-refractivity contribution in [2.24, 2.45) is 28.3 Å². The molecule has 41 heavy (non-hydrogen) atoms. The fourth-order valence-electron chi connectivity index (χ4n) is 3.73. The third-order valence-corrected chi connectivity index (χ3v) is 6.07. The summed E-state index contributed by atoms with van der Waals surface area (Å²) in [5.41, 5.74) is 12.5. The van der Waals surface area contributed by atoms with E-state index in [4.69, 9.17) is 39.6 Å². The number of ether oxygens (including phenoxy) is 1. The highest BCUT2D eigenvalue weighted by Gasteiger charge is 2.22. The largest absolute Gasteiger partial charge is 0.423 e. The Balaban J connectivity index is 1.67. The molecule has 0 atom stereocenters. The van der Waals surface area contributed by atoms with E-state index in [1.807, 2.05) is 0 Å². The minimum absolute atomic E-state index is 0.0532. The van der Waals surface area contributed by atoms with E-state index in [9.17, 15) is 19.2 Å². The average molecular weight is 583 g/mol. The second kappa shape index (κ2) is 14.4. The van der Waals surface area contributed by atoms with E-state index in [-0.39, 0.29) is 47.2 Å². The van der Waals surface area contributed by atoms with Crippen molar-refractivity contribution in [1.29, 1.82) is 0 Å². The lowest BCUT2D eigenvalue weighted by molar-refractivity contribution is -0.150. The third kappa shape index (κ3) is 8.76. The first-order chi connectivity index (χ1) is 19.6. The van der Waals surface area contributed by atoms with Gasteiger partial charge in [-0.3, -0.25) is 4.79 Å². The highest BCUT2D eigenvalue weighted by atomic mass is 35.5. The van der Waals surface area contributed by atoms with Crippen LogP contribution in [0.2, 0.25) is 5.02 Å². The summed E-state index contributed by atoms with van der Waals surface area (Å²) in [4.78, 5) is 63.1. The van der Waals surface area contributed by atoms with Crippen molar-refractivity contribution >= 4 is 47.1 Å². The number of aliphatic imine (C=N–C) groups is 1. The fraction of sp³-hybridized carbons (Fsp3) is 0.148. The number of hydrogen-bond acceptors (Lipinski definition) is 10. The summed E-state index contributed by atoms with van der Waals surface area (Å²) >= 11 is 6.39. The van der Waals surface area contributed by atoms with E-state index in [0.29, 0.717) is 16.8 Å². The average Bonchev–Trinajstić information content (AvgIpc) is 2.96. The number of aryl methyl sites for hydroxylation is 1. The second-order valence-corrected chi connectivity index (χ2v) is 8.94. The first-order valence-electron chi connectivity index (χ1n) is 12.0. The number of carbonyl (C=O) groups is 4. The number of carbonyl (C=O) groups excluding carboxylic acids is 4. The maximum atomic E-state index is 13.1. The molecule has 3 aromatic carbocycles. The molecule has 0 spiro atoms. The highest BCUT2D eigenvalue weighted by Crippen LogP contribution is 2.25. The molecule has 0 saturated heterocycles. The van der Waals surface area contributed by atoms with E-state index >= 15 is 0 Å². The number of nitrogens with two attached hydrogens (primary N) is 4. The number of amides is 1. The Morgan fingerprint density at radius 1 is 0.854 bits per heavy atom. The molecule has 8 N–H and O–H groups in total. The Hall–Kier alpha value is -4.98. The number of benzene rings is 3. The van der Waals surface area contributed by atoms with Gasteiger partial charge in [0.05, 0.1) is 16.8 Å². The molecular weight excluding hydrogens is 556 g/mol. The molecule has 3 aromatic rings. The molecule has 214 valence electrons. The number of hydrogen-bond donors (Lipinski definition) is 4. The lowest BCUT2D eigenvalue weighted by atomic mass is 10.1. The molecule has 0 radical (unpaired) electrons. The summed E-state index contributed by atoms with van der Waals surface area (Å²) in [6.07, 6.45) is 0.140. The smallest absolute Gasteiger partial charge is 0.356 e. The molecule has 0 bridgehead atoms. The quantitative estimate of drug-likeness (QED) is 0.0840. The maximum Gasteiger partial charge on any atom is 0.356 e. The molecule has 1 amide bonds. The minimum atomic E-state index is -0.854. The van der Waals surface area contributed by atoms with E-state index in [0.717, 1.165) is 0 Å². The van der Waals surface area contributed by atoms with Gasteiger partial charge < -0.3 is 30.8 Å². The van der Waals surface area contributed by atoms with Crippen LogP contribution in [0.4, 0.5) is 5.69 Å². The van der Waals surface area contributed by atoms with E-state index in [1.165, 1.54) is 35.2 Å². The van der Waals surface area contributed by atoms with Crippen LogP contribution in [0.15, 0.2) is 71.7 Å². The van der Waals surface area contributed by atoms with Gasteiger partial charge in [-0.15, -0.1) is 0 Å². The molecule has 0 unspecified atom stereocenters. The van der Waals surface area contributed by atoms with Crippen LogP contribution >= 0.6 is 11.6 Å². The summed E-state index contributed by atoms with van der Waals surface area (Å²) in [6, 6.07) is 17.1. The van der Waals surface area contributed by atoms with Crippen molar-refractivity contribution < 1.29 is 33.6 Å². The number of guanidine groups is 1. The van der Waals surface area contributed by atoms with Gasteiger partial charge in [0.2, 0.25) is 5.91 Å². The Kier molecular flexibility index (Phi) is 10.7. The van der Waals surface area contributed by atoms with Gasteiger partial charge in [-0.25, -0.2) is 19.4 Å². The summed E-state index contributed by atoms with van der Waals surface area (Å²) in [6.45, 7) is -0.578. The molecule has 0 aromatic heterocycles. The summed E-state index contributed by atoms with van der Waals surface area (Å²) < 4.78 is 5.39. The highest BCUT2D eigenvalue weighted by molar-refractivity contribution is 6.31. The van der Waals surface area contributed by atoms with Gasteiger partial charge in [0, 0.05) is 18.0 Å². The zero-order chi connectivity index (χ0) is 29.9. The van der Waals surface area contributed by atoms with Crippen molar-refractivity contribution in [2.45, 2.75) is 19.4 Å². The number of halogens is 1. The van der Waals surface area contributed by atoms with Crippen LogP contribution in [0, 0.1) is 0 Å². The van der Waals surface area contributed by atoms with Crippen LogP contribution in [0.25, 0.3) is 0 Å². The third-order valence-electron chi connectivity index (χ3n) is 5.71. The first-order valence-corrected chi connectivity index (χ1v) is 12.4. The molecule has 13 nitrogen and oxygen atoms in total. The molecule has 0 saturated carbocycles. The van der Waals surface area contributed by atoms with Crippen LogP contribution in [0.5, 0.6) is 5.75 Å². The lowest BCUT2D eigenvalue weighted by Gasteiger charge is -2.22. The first kappa shape index (κ1) is 30.6. The molecule has 14 heteroatoms. The topological polar surface area (TPSA) is 216 Å². The van der Waals surface area contributed by atoms with Crippen molar-refractivity contribution in [2.75, 3.05) is 6.54 Å². The summed E-state index contributed by atoms with van der Waals surface area (Å²) in [5.74, 6) is 7.33. The van der Waals surface area contributed by atoms with Crippen molar-refractivity contribution in [3.63, 3.8) is 0 Å². The Morgan fingerprint density at radius 3 is 2.20 bits per heavy atom. The Bertz CT molecular complexity index is 1460.